The summed E-state index contributed by atoms with van der Waals surface area (Å²) in [5.41, 5.74) is 1.41. The Hall–Kier alpha value is -2.63. The van der Waals surface area contributed by atoms with Gasteiger partial charge in [0.05, 0.1) is 15.5 Å². The quantitative estimate of drug-likeness (QED) is 0.308. The SMILES string of the molecule is O=[N+]([O-])c1cc(C=Nc2cccc(Cl)c2)ccc1Sc1ccccc1. The molecule has 0 unspecified atom stereocenters. The summed E-state index contributed by atoms with van der Waals surface area (Å²) in [6, 6.07) is 21.8. The molecule has 0 aromatic heterocycles. The summed E-state index contributed by atoms with van der Waals surface area (Å²) >= 11 is 7.29. The van der Waals surface area contributed by atoms with Gasteiger partial charge in [0.2, 0.25) is 0 Å². The van der Waals surface area contributed by atoms with E-state index < -0.39 is 0 Å². The molecule has 0 heterocycles. The number of rotatable bonds is 5. The number of hydrogen-bond acceptors (Lipinski definition) is 4. The second-order valence-electron chi connectivity index (χ2n) is 5.14. The molecule has 0 atom stereocenters. The highest BCUT2D eigenvalue weighted by molar-refractivity contribution is 7.99. The van der Waals surface area contributed by atoms with Crippen LogP contribution in [-0.4, -0.2) is 11.1 Å². The zero-order valence-corrected chi connectivity index (χ0v) is 14.6. The van der Waals surface area contributed by atoms with Crippen LogP contribution < -0.4 is 0 Å². The Morgan fingerprint density at radius 2 is 1.80 bits per heavy atom. The van der Waals surface area contributed by atoms with Crippen LogP contribution in [0.5, 0.6) is 0 Å². The van der Waals surface area contributed by atoms with Gasteiger partial charge in [-0.15, -0.1) is 0 Å². The van der Waals surface area contributed by atoms with Crippen molar-refractivity contribution >= 4 is 41.0 Å². The Balaban J connectivity index is 1.87. The molecule has 0 N–H and O–H groups in total. The topological polar surface area (TPSA) is 55.5 Å². The summed E-state index contributed by atoms with van der Waals surface area (Å²) in [5, 5.41) is 12.0. The minimum Gasteiger partial charge on any atom is -0.258 e. The Kier molecular flexibility index (Phi) is 5.48. The molecule has 3 aromatic rings. The van der Waals surface area contributed by atoms with E-state index in [2.05, 4.69) is 4.99 Å². The van der Waals surface area contributed by atoms with Gasteiger partial charge in [0, 0.05) is 22.2 Å². The highest BCUT2D eigenvalue weighted by Crippen LogP contribution is 2.35. The highest BCUT2D eigenvalue weighted by atomic mass is 35.5. The van der Waals surface area contributed by atoms with Crippen LogP contribution in [0.25, 0.3) is 0 Å². The average molecular weight is 369 g/mol. The molecular formula is C19H13ClN2O2S. The Morgan fingerprint density at radius 1 is 1.00 bits per heavy atom. The highest BCUT2D eigenvalue weighted by Gasteiger charge is 2.15. The summed E-state index contributed by atoms with van der Waals surface area (Å²) in [4.78, 5) is 16.9. The van der Waals surface area contributed by atoms with Gasteiger partial charge in [-0.05, 0) is 42.0 Å². The van der Waals surface area contributed by atoms with E-state index in [4.69, 9.17) is 11.6 Å². The van der Waals surface area contributed by atoms with Gasteiger partial charge in [0.25, 0.3) is 5.69 Å². The largest absolute Gasteiger partial charge is 0.283 e. The van der Waals surface area contributed by atoms with E-state index in [1.54, 1.807) is 30.5 Å². The van der Waals surface area contributed by atoms with Crippen molar-refractivity contribution in [1.82, 2.24) is 0 Å². The third-order valence-corrected chi connectivity index (χ3v) is 4.63. The minimum absolute atomic E-state index is 0.0592. The van der Waals surface area contributed by atoms with Crippen molar-refractivity contribution in [3.8, 4) is 0 Å². The lowest BCUT2D eigenvalue weighted by atomic mass is 10.2. The summed E-state index contributed by atoms with van der Waals surface area (Å²) in [5.74, 6) is 0. The zero-order valence-electron chi connectivity index (χ0n) is 13.0. The third kappa shape index (κ3) is 4.68. The first kappa shape index (κ1) is 17.2. The maximum atomic E-state index is 11.4. The predicted octanol–water partition coefficient (Wildman–Crippen LogP) is 6.15. The third-order valence-electron chi connectivity index (χ3n) is 3.32. The maximum Gasteiger partial charge on any atom is 0.283 e. The first-order valence-corrected chi connectivity index (χ1v) is 8.62. The van der Waals surface area contributed by atoms with Crippen molar-refractivity contribution in [1.29, 1.82) is 0 Å². The molecule has 0 aliphatic heterocycles. The molecule has 0 bridgehead atoms. The second kappa shape index (κ2) is 7.96. The smallest absolute Gasteiger partial charge is 0.258 e. The van der Waals surface area contributed by atoms with Crippen molar-refractivity contribution < 1.29 is 4.92 Å². The molecule has 4 nitrogen and oxygen atoms in total. The second-order valence-corrected chi connectivity index (χ2v) is 6.69. The molecule has 3 aromatic carbocycles. The molecular weight excluding hydrogens is 356 g/mol. The molecule has 124 valence electrons. The van der Waals surface area contributed by atoms with Crippen LogP contribution in [0.2, 0.25) is 5.02 Å². The maximum absolute atomic E-state index is 11.4. The van der Waals surface area contributed by atoms with Gasteiger partial charge in [-0.1, -0.05) is 53.7 Å². The van der Waals surface area contributed by atoms with Crippen molar-refractivity contribution in [3.63, 3.8) is 0 Å². The molecule has 0 aliphatic rings. The van der Waals surface area contributed by atoms with E-state index in [1.165, 1.54) is 17.8 Å². The van der Waals surface area contributed by atoms with Crippen molar-refractivity contribution in [3.05, 3.63) is 93.5 Å². The lowest BCUT2D eigenvalue weighted by Crippen LogP contribution is -1.93. The molecule has 0 saturated carbocycles. The van der Waals surface area contributed by atoms with Gasteiger partial charge >= 0.3 is 0 Å². The van der Waals surface area contributed by atoms with Crippen LogP contribution in [0.3, 0.4) is 0 Å². The Bertz CT molecular complexity index is 930. The summed E-state index contributed by atoms with van der Waals surface area (Å²) in [7, 11) is 0. The number of aliphatic imine (C=N–C) groups is 1. The van der Waals surface area contributed by atoms with Crippen LogP contribution in [0.15, 0.2) is 87.6 Å². The van der Waals surface area contributed by atoms with E-state index in [0.717, 1.165) is 4.90 Å². The van der Waals surface area contributed by atoms with Gasteiger partial charge < -0.3 is 0 Å². The predicted molar refractivity (Wildman–Crippen MR) is 102 cm³/mol. The Morgan fingerprint density at radius 3 is 2.52 bits per heavy atom. The van der Waals surface area contributed by atoms with Gasteiger partial charge in [-0.2, -0.15) is 0 Å². The average Bonchev–Trinajstić information content (AvgIpc) is 2.61. The number of benzene rings is 3. The van der Waals surface area contributed by atoms with Crippen molar-refractivity contribution in [2.45, 2.75) is 9.79 Å². The summed E-state index contributed by atoms with van der Waals surface area (Å²) in [6.45, 7) is 0. The minimum atomic E-state index is -0.373. The fourth-order valence-electron chi connectivity index (χ4n) is 2.16. The standard InChI is InChI=1S/C19H13ClN2O2S/c20-15-5-4-6-16(12-15)21-13-14-9-10-19(18(11-14)22(23)24)25-17-7-2-1-3-8-17/h1-13H. The number of nitrogens with zero attached hydrogens (tertiary/aromatic N) is 2. The normalized spacial score (nSPS) is 10.9. The Labute approximate surface area is 154 Å². The van der Waals surface area contributed by atoms with Gasteiger partial charge in [0.1, 0.15) is 0 Å². The number of halogens is 1. The van der Waals surface area contributed by atoms with E-state index in [0.29, 0.717) is 21.2 Å². The van der Waals surface area contributed by atoms with Crippen LogP contribution in [0.4, 0.5) is 11.4 Å². The molecule has 0 fully saturated rings. The molecule has 6 heteroatoms. The first-order valence-electron chi connectivity index (χ1n) is 7.43. The molecule has 0 spiro atoms. The lowest BCUT2D eigenvalue weighted by Gasteiger charge is -2.04. The van der Waals surface area contributed by atoms with E-state index in [-0.39, 0.29) is 10.6 Å². The van der Waals surface area contributed by atoms with Crippen LogP contribution >= 0.6 is 23.4 Å². The zero-order chi connectivity index (χ0) is 17.6. The molecule has 0 radical (unpaired) electrons. The molecule has 3 rings (SSSR count). The fraction of sp³-hybridized carbons (Fsp3) is 0. The van der Waals surface area contributed by atoms with Gasteiger partial charge in [0.15, 0.2) is 0 Å². The number of nitro benzene ring substituents is 1. The van der Waals surface area contributed by atoms with Crippen LogP contribution in [-0.2, 0) is 0 Å². The molecule has 0 amide bonds. The van der Waals surface area contributed by atoms with Crippen molar-refractivity contribution in [2.75, 3.05) is 0 Å². The summed E-state index contributed by atoms with van der Waals surface area (Å²) in [6.07, 6.45) is 1.59. The van der Waals surface area contributed by atoms with Gasteiger partial charge in [-0.25, -0.2) is 0 Å². The summed E-state index contributed by atoms with van der Waals surface area (Å²) < 4.78 is 0. The molecule has 0 saturated heterocycles. The van der Waals surface area contributed by atoms with Gasteiger partial charge in [-0.3, -0.25) is 15.1 Å². The fourth-order valence-corrected chi connectivity index (χ4v) is 3.27. The molecule has 0 aliphatic carbocycles. The number of nitro groups is 1. The van der Waals surface area contributed by atoms with E-state index in [1.807, 2.05) is 42.5 Å². The first-order chi connectivity index (χ1) is 12.1. The van der Waals surface area contributed by atoms with Crippen molar-refractivity contribution in [2.24, 2.45) is 4.99 Å². The number of hydrogen-bond donors (Lipinski definition) is 0. The van der Waals surface area contributed by atoms with E-state index in [9.17, 15) is 10.1 Å². The van der Waals surface area contributed by atoms with E-state index >= 15 is 0 Å². The molecule has 25 heavy (non-hydrogen) atoms. The monoisotopic (exact) mass is 368 g/mol. The lowest BCUT2D eigenvalue weighted by molar-refractivity contribution is -0.387. The van der Waals surface area contributed by atoms with Crippen LogP contribution in [0, 0.1) is 10.1 Å². The van der Waals surface area contributed by atoms with Crippen LogP contribution in [0.1, 0.15) is 5.56 Å².